The fraction of sp³-hybridized carbons (Fsp3) is 0.500. The standard InChI is InChI=1S/C12H15BrO/c1-9-6-10(8-11(13)7-9)2-3-12(14)4-5-12/h6-8,14H,2-5H2,1H3. The number of hydrogen-bond acceptors (Lipinski definition) is 1. The third-order valence-corrected chi connectivity index (χ3v) is 3.27. The van der Waals surface area contributed by atoms with Gasteiger partial charge in [-0.3, -0.25) is 0 Å². The van der Waals surface area contributed by atoms with Crippen molar-refractivity contribution in [3.05, 3.63) is 33.8 Å². The maximum absolute atomic E-state index is 9.72. The summed E-state index contributed by atoms with van der Waals surface area (Å²) in [5.74, 6) is 0. The van der Waals surface area contributed by atoms with Crippen molar-refractivity contribution in [2.24, 2.45) is 0 Å². The van der Waals surface area contributed by atoms with Gasteiger partial charge in [0, 0.05) is 4.47 Å². The molecule has 0 bridgehead atoms. The van der Waals surface area contributed by atoms with Gasteiger partial charge in [0.1, 0.15) is 0 Å². The summed E-state index contributed by atoms with van der Waals surface area (Å²) in [6.07, 6.45) is 3.86. The Labute approximate surface area is 93.3 Å². The van der Waals surface area contributed by atoms with Gasteiger partial charge < -0.3 is 5.11 Å². The molecule has 0 saturated heterocycles. The molecule has 0 aliphatic heterocycles. The van der Waals surface area contributed by atoms with Crippen molar-refractivity contribution in [2.75, 3.05) is 0 Å². The van der Waals surface area contributed by atoms with E-state index in [1.807, 2.05) is 0 Å². The molecule has 0 amide bonds. The summed E-state index contributed by atoms with van der Waals surface area (Å²) in [5.41, 5.74) is 2.27. The zero-order valence-electron chi connectivity index (χ0n) is 8.39. The molecule has 0 radical (unpaired) electrons. The van der Waals surface area contributed by atoms with Crippen molar-refractivity contribution in [1.29, 1.82) is 0 Å². The minimum absolute atomic E-state index is 0.323. The summed E-state index contributed by atoms with van der Waals surface area (Å²) >= 11 is 3.49. The van der Waals surface area contributed by atoms with Crippen LogP contribution in [-0.2, 0) is 6.42 Å². The predicted octanol–water partition coefficient (Wildman–Crippen LogP) is 3.22. The van der Waals surface area contributed by atoms with E-state index in [1.165, 1.54) is 11.1 Å². The number of aryl methyl sites for hydroxylation is 2. The third kappa shape index (κ3) is 2.58. The molecule has 1 aromatic carbocycles. The van der Waals surface area contributed by atoms with Gasteiger partial charge in [-0.1, -0.05) is 22.0 Å². The molecule has 0 aromatic heterocycles. The molecule has 1 saturated carbocycles. The van der Waals surface area contributed by atoms with Crippen molar-refractivity contribution in [3.8, 4) is 0 Å². The van der Waals surface area contributed by atoms with Crippen molar-refractivity contribution in [2.45, 2.75) is 38.2 Å². The lowest BCUT2D eigenvalue weighted by molar-refractivity contribution is 0.140. The van der Waals surface area contributed by atoms with Crippen LogP contribution in [0.5, 0.6) is 0 Å². The lowest BCUT2D eigenvalue weighted by Crippen LogP contribution is -2.07. The summed E-state index contributed by atoms with van der Waals surface area (Å²) in [6, 6.07) is 6.44. The Morgan fingerprint density at radius 2 is 2.07 bits per heavy atom. The van der Waals surface area contributed by atoms with E-state index >= 15 is 0 Å². The number of aliphatic hydroxyl groups is 1. The Balaban J connectivity index is 2.01. The molecule has 2 rings (SSSR count). The summed E-state index contributed by atoms with van der Waals surface area (Å²) in [5, 5.41) is 9.72. The lowest BCUT2D eigenvalue weighted by atomic mass is 10.0. The first-order valence-electron chi connectivity index (χ1n) is 5.06. The molecule has 1 N–H and O–H groups in total. The van der Waals surface area contributed by atoms with Gasteiger partial charge in [0.2, 0.25) is 0 Å². The topological polar surface area (TPSA) is 20.2 Å². The van der Waals surface area contributed by atoms with Crippen molar-refractivity contribution >= 4 is 15.9 Å². The van der Waals surface area contributed by atoms with Gasteiger partial charge >= 0.3 is 0 Å². The second-order valence-corrected chi connectivity index (χ2v) is 5.28. The van der Waals surface area contributed by atoms with Gasteiger partial charge in [-0.25, -0.2) is 0 Å². The Morgan fingerprint density at radius 1 is 1.36 bits per heavy atom. The van der Waals surface area contributed by atoms with Gasteiger partial charge in [0.05, 0.1) is 5.60 Å². The lowest BCUT2D eigenvalue weighted by Gasteiger charge is -2.08. The Kier molecular flexibility index (Phi) is 2.67. The molecule has 0 spiro atoms. The minimum Gasteiger partial charge on any atom is -0.390 e. The maximum Gasteiger partial charge on any atom is 0.0653 e. The van der Waals surface area contributed by atoms with Gasteiger partial charge in [-0.2, -0.15) is 0 Å². The molecular formula is C12H15BrO. The van der Waals surface area contributed by atoms with E-state index in [0.29, 0.717) is 0 Å². The van der Waals surface area contributed by atoms with E-state index in [2.05, 4.69) is 41.1 Å². The molecule has 14 heavy (non-hydrogen) atoms. The summed E-state index contributed by atoms with van der Waals surface area (Å²) in [4.78, 5) is 0. The Morgan fingerprint density at radius 3 is 2.64 bits per heavy atom. The highest BCUT2D eigenvalue weighted by Gasteiger charge is 2.39. The first-order valence-corrected chi connectivity index (χ1v) is 5.85. The van der Waals surface area contributed by atoms with Crippen LogP contribution in [-0.4, -0.2) is 10.7 Å². The van der Waals surface area contributed by atoms with Crippen molar-refractivity contribution in [3.63, 3.8) is 0 Å². The van der Waals surface area contributed by atoms with Crippen LogP contribution in [0.3, 0.4) is 0 Å². The highest BCUT2D eigenvalue weighted by atomic mass is 79.9. The molecule has 1 aliphatic carbocycles. The number of benzene rings is 1. The minimum atomic E-state index is -0.323. The third-order valence-electron chi connectivity index (χ3n) is 2.81. The van der Waals surface area contributed by atoms with Gasteiger partial charge in [-0.05, 0) is 55.9 Å². The molecular weight excluding hydrogens is 240 g/mol. The predicted molar refractivity (Wildman–Crippen MR) is 61.4 cm³/mol. The van der Waals surface area contributed by atoms with E-state index < -0.39 is 0 Å². The molecule has 1 fully saturated rings. The largest absolute Gasteiger partial charge is 0.390 e. The average molecular weight is 255 g/mol. The van der Waals surface area contributed by atoms with E-state index in [0.717, 1.165) is 30.2 Å². The number of halogens is 1. The van der Waals surface area contributed by atoms with Crippen LogP contribution in [0.25, 0.3) is 0 Å². The van der Waals surface area contributed by atoms with E-state index in [9.17, 15) is 5.11 Å². The molecule has 1 aromatic rings. The molecule has 0 unspecified atom stereocenters. The van der Waals surface area contributed by atoms with Crippen molar-refractivity contribution < 1.29 is 5.11 Å². The van der Waals surface area contributed by atoms with Crippen LogP contribution >= 0.6 is 15.9 Å². The Bertz CT molecular complexity index is 322. The second-order valence-electron chi connectivity index (χ2n) is 4.36. The zero-order valence-corrected chi connectivity index (χ0v) is 9.97. The highest BCUT2D eigenvalue weighted by Crippen LogP contribution is 2.39. The fourth-order valence-corrected chi connectivity index (χ4v) is 2.38. The second kappa shape index (κ2) is 3.67. The number of hydrogen-bond donors (Lipinski definition) is 1. The van der Waals surface area contributed by atoms with Gasteiger partial charge in [0.25, 0.3) is 0 Å². The van der Waals surface area contributed by atoms with Crippen LogP contribution < -0.4 is 0 Å². The summed E-state index contributed by atoms with van der Waals surface area (Å²) < 4.78 is 1.13. The van der Waals surface area contributed by atoms with Gasteiger partial charge in [0.15, 0.2) is 0 Å². The SMILES string of the molecule is Cc1cc(Br)cc(CCC2(O)CC2)c1. The van der Waals surface area contributed by atoms with Crippen molar-refractivity contribution in [1.82, 2.24) is 0 Å². The molecule has 1 nitrogen and oxygen atoms in total. The smallest absolute Gasteiger partial charge is 0.0653 e. The first kappa shape index (κ1) is 10.2. The van der Waals surface area contributed by atoms with Crippen LogP contribution in [0.2, 0.25) is 0 Å². The molecule has 76 valence electrons. The van der Waals surface area contributed by atoms with Crippen LogP contribution in [0, 0.1) is 6.92 Å². The first-order chi connectivity index (χ1) is 6.57. The molecule has 1 aliphatic rings. The average Bonchev–Trinajstić information content (AvgIpc) is 2.80. The van der Waals surface area contributed by atoms with E-state index in [1.54, 1.807) is 0 Å². The zero-order chi connectivity index (χ0) is 10.2. The molecule has 0 heterocycles. The molecule has 0 atom stereocenters. The maximum atomic E-state index is 9.72. The van der Waals surface area contributed by atoms with Crippen LogP contribution in [0.15, 0.2) is 22.7 Å². The van der Waals surface area contributed by atoms with Crippen LogP contribution in [0.1, 0.15) is 30.4 Å². The molecule has 2 heteroatoms. The number of rotatable bonds is 3. The monoisotopic (exact) mass is 254 g/mol. The summed E-state index contributed by atoms with van der Waals surface area (Å²) in [7, 11) is 0. The van der Waals surface area contributed by atoms with Gasteiger partial charge in [-0.15, -0.1) is 0 Å². The Hall–Kier alpha value is -0.340. The summed E-state index contributed by atoms with van der Waals surface area (Å²) in [6.45, 7) is 2.10. The van der Waals surface area contributed by atoms with E-state index in [-0.39, 0.29) is 5.60 Å². The van der Waals surface area contributed by atoms with Crippen LogP contribution in [0.4, 0.5) is 0 Å². The quantitative estimate of drug-likeness (QED) is 0.879. The highest BCUT2D eigenvalue weighted by molar-refractivity contribution is 9.10. The van der Waals surface area contributed by atoms with E-state index in [4.69, 9.17) is 0 Å². The fourth-order valence-electron chi connectivity index (χ4n) is 1.73. The normalized spacial score (nSPS) is 18.2.